The average molecular weight is 238 g/mol. The molecule has 0 bridgehead atoms. The highest BCUT2D eigenvalue weighted by atomic mass is 16.2. The summed E-state index contributed by atoms with van der Waals surface area (Å²) in [6.45, 7) is 2.56. The number of hydrogen-bond acceptors (Lipinski definition) is 2. The highest BCUT2D eigenvalue weighted by Crippen LogP contribution is 2.25. The van der Waals surface area contributed by atoms with Gasteiger partial charge in [0.2, 0.25) is 11.8 Å². The van der Waals surface area contributed by atoms with Crippen LogP contribution in [0.3, 0.4) is 0 Å². The van der Waals surface area contributed by atoms with Gasteiger partial charge >= 0.3 is 0 Å². The van der Waals surface area contributed by atoms with Crippen LogP contribution in [-0.2, 0) is 9.59 Å². The van der Waals surface area contributed by atoms with Crippen LogP contribution in [0.5, 0.6) is 0 Å². The predicted molar refractivity (Wildman–Crippen MR) is 65.4 cm³/mol. The summed E-state index contributed by atoms with van der Waals surface area (Å²) in [4.78, 5) is 25.1. The van der Waals surface area contributed by atoms with Crippen molar-refractivity contribution in [2.24, 2.45) is 5.92 Å². The molecule has 0 unspecified atom stereocenters. The number of nitrogens with zero attached hydrogens (tertiary/aromatic N) is 1. The Labute approximate surface area is 103 Å². The van der Waals surface area contributed by atoms with E-state index in [2.05, 4.69) is 5.32 Å². The molecule has 1 aliphatic carbocycles. The fraction of sp³-hybridized carbons (Fsp3) is 0.846. The van der Waals surface area contributed by atoms with E-state index in [1.807, 2.05) is 4.90 Å². The lowest BCUT2D eigenvalue weighted by molar-refractivity contribution is -0.132. The van der Waals surface area contributed by atoms with Crippen molar-refractivity contribution in [1.29, 1.82) is 0 Å². The van der Waals surface area contributed by atoms with Gasteiger partial charge in [-0.3, -0.25) is 9.59 Å². The number of nitrogens with one attached hydrogen (secondary N) is 1. The third kappa shape index (κ3) is 3.72. The summed E-state index contributed by atoms with van der Waals surface area (Å²) in [6, 6.07) is 0. The minimum atomic E-state index is 0.0319. The molecule has 1 aliphatic heterocycles. The first-order chi connectivity index (χ1) is 8.25. The maximum Gasteiger partial charge on any atom is 0.223 e. The molecule has 96 valence electrons. The lowest BCUT2D eigenvalue weighted by Gasteiger charge is -2.25. The van der Waals surface area contributed by atoms with Crippen LogP contribution in [0.25, 0.3) is 0 Å². The van der Waals surface area contributed by atoms with Crippen molar-refractivity contribution in [2.75, 3.05) is 19.6 Å². The van der Waals surface area contributed by atoms with Gasteiger partial charge in [-0.25, -0.2) is 0 Å². The standard InChI is InChI=1S/C13H22N2O2/c16-12(14-10-11-4-3-5-11)6-7-13(17)15-8-1-2-9-15/h11H,1-10H2,(H,14,16). The largest absolute Gasteiger partial charge is 0.356 e. The van der Waals surface area contributed by atoms with Gasteiger partial charge in [-0.05, 0) is 31.6 Å². The second kappa shape index (κ2) is 6.03. The van der Waals surface area contributed by atoms with Crippen molar-refractivity contribution in [1.82, 2.24) is 10.2 Å². The van der Waals surface area contributed by atoms with E-state index in [0.29, 0.717) is 18.8 Å². The maximum atomic E-state index is 11.7. The molecule has 0 aromatic rings. The molecule has 0 spiro atoms. The zero-order valence-electron chi connectivity index (χ0n) is 10.4. The normalized spacial score (nSPS) is 20.1. The van der Waals surface area contributed by atoms with Crippen LogP contribution in [-0.4, -0.2) is 36.3 Å². The van der Waals surface area contributed by atoms with Gasteiger partial charge in [0.05, 0.1) is 0 Å². The Morgan fingerprint density at radius 2 is 1.76 bits per heavy atom. The first-order valence-corrected chi connectivity index (χ1v) is 6.80. The van der Waals surface area contributed by atoms with Crippen LogP contribution in [0.4, 0.5) is 0 Å². The molecule has 2 rings (SSSR count). The van der Waals surface area contributed by atoms with Gasteiger partial charge in [0.25, 0.3) is 0 Å². The zero-order chi connectivity index (χ0) is 12.1. The number of amides is 2. The number of carbonyl (C=O) groups is 2. The van der Waals surface area contributed by atoms with E-state index in [-0.39, 0.29) is 11.8 Å². The van der Waals surface area contributed by atoms with Crippen molar-refractivity contribution in [3.05, 3.63) is 0 Å². The highest BCUT2D eigenvalue weighted by Gasteiger charge is 2.20. The van der Waals surface area contributed by atoms with E-state index >= 15 is 0 Å². The van der Waals surface area contributed by atoms with Crippen LogP contribution in [0.2, 0.25) is 0 Å². The van der Waals surface area contributed by atoms with E-state index in [9.17, 15) is 9.59 Å². The van der Waals surface area contributed by atoms with Crippen molar-refractivity contribution >= 4 is 11.8 Å². The molecule has 1 saturated heterocycles. The van der Waals surface area contributed by atoms with Crippen molar-refractivity contribution in [2.45, 2.75) is 44.9 Å². The lowest BCUT2D eigenvalue weighted by Crippen LogP contribution is -2.33. The second-order valence-electron chi connectivity index (χ2n) is 5.19. The third-order valence-electron chi connectivity index (χ3n) is 3.84. The van der Waals surface area contributed by atoms with E-state index in [0.717, 1.165) is 32.5 Å². The molecule has 0 radical (unpaired) electrons. The number of hydrogen-bond donors (Lipinski definition) is 1. The summed E-state index contributed by atoms with van der Waals surface area (Å²) in [6.07, 6.45) is 6.73. The summed E-state index contributed by atoms with van der Waals surface area (Å²) in [5, 5.41) is 2.92. The van der Waals surface area contributed by atoms with Gasteiger partial charge in [0.1, 0.15) is 0 Å². The fourth-order valence-electron chi connectivity index (χ4n) is 2.39. The molecule has 1 saturated carbocycles. The number of carbonyl (C=O) groups excluding carboxylic acids is 2. The summed E-state index contributed by atoms with van der Waals surface area (Å²) in [5.41, 5.74) is 0. The second-order valence-corrected chi connectivity index (χ2v) is 5.19. The molecule has 4 heteroatoms. The molecule has 1 heterocycles. The Hall–Kier alpha value is -1.06. The highest BCUT2D eigenvalue weighted by molar-refractivity contribution is 5.83. The zero-order valence-corrected chi connectivity index (χ0v) is 10.4. The Kier molecular flexibility index (Phi) is 4.40. The van der Waals surface area contributed by atoms with Crippen LogP contribution in [0, 0.1) is 5.92 Å². The van der Waals surface area contributed by atoms with Gasteiger partial charge in [-0.2, -0.15) is 0 Å². The molecular formula is C13H22N2O2. The van der Waals surface area contributed by atoms with E-state index < -0.39 is 0 Å². The molecule has 17 heavy (non-hydrogen) atoms. The van der Waals surface area contributed by atoms with Gasteiger partial charge in [-0.15, -0.1) is 0 Å². The van der Waals surface area contributed by atoms with Crippen molar-refractivity contribution < 1.29 is 9.59 Å². The lowest BCUT2D eigenvalue weighted by atomic mass is 9.85. The van der Waals surface area contributed by atoms with Gasteiger partial charge in [0.15, 0.2) is 0 Å². The molecule has 0 atom stereocenters. The molecule has 2 amide bonds. The molecule has 2 aliphatic rings. The SMILES string of the molecule is O=C(CCC(=O)N1CCCC1)NCC1CCC1. The smallest absolute Gasteiger partial charge is 0.223 e. The minimum absolute atomic E-state index is 0.0319. The van der Waals surface area contributed by atoms with Crippen LogP contribution < -0.4 is 5.32 Å². The number of rotatable bonds is 5. The van der Waals surface area contributed by atoms with Crippen molar-refractivity contribution in [3.63, 3.8) is 0 Å². The molecule has 0 aromatic carbocycles. The molecule has 4 nitrogen and oxygen atoms in total. The molecule has 2 fully saturated rings. The Bertz CT molecular complexity index is 281. The topological polar surface area (TPSA) is 49.4 Å². The van der Waals surface area contributed by atoms with E-state index in [4.69, 9.17) is 0 Å². The molecule has 1 N–H and O–H groups in total. The first kappa shape index (κ1) is 12.4. The summed E-state index contributed by atoms with van der Waals surface area (Å²) in [5.74, 6) is 0.860. The van der Waals surface area contributed by atoms with Crippen LogP contribution >= 0.6 is 0 Å². The van der Waals surface area contributed by atoms with Gasteiger partial charge in [0, 0.05) is 32.5 Å². The maximum absolute atomic E-state index is 11.7. The molecule has 0 aromatic heterocycles. The fourth-order valence-corrected chi connectivity index (χ4v) is 2.39. The monoisotopic (exact) mass is 238 g/mol. The Morgan fingerprint density at radius 1 is 1.06 bits per heavy atom. The van der Waals surface area contributed by atoms with Crippen molar-refractivity contribution in [3.8, 4) is 0 Å². The molecular weight excluding hydrogens is 216 g/mol. The summed E-state index contributed by atoms with van der Waals surface area (Å²) in [7, 11) is 0. The number of likely N-dealkylation sites (tertiary alicyclic amines) is 1. The predicted octanol–water partition coefficient (Wildman–Crippen LogP) is 1.31. The van der Waals surface area contributed by atoms with Gasteiger partial charge in [-0.1, -0.05) is 6.42 Å². The van der Waals surface area contributed by atoms with E-state index in [1.54, 1.807) is 0 Å². The summed E-state index contributed by atoms with van der Waals surface area (Å²) >= 11 is 0. The Morgan fingerprint density at radius 3 is 2.35 bits per heavy atom. The average Bonchev–Trinajstić information content (AvgIpc) is 2.77. The van der Waals surface area contributed by atoms with Gasteiger partial charge < -0.3 is 10.2 Å². The third-order valence-corrected chi connectivity index (χ3v) is 3.84. The minimum Gasteiger partial charge on any atom is -0.356 e. The quantitative estimate of drug-likeness (QED) is 0.785. The Balaban J connectivity index is 1.56. The first-order valence-electron chi connectivity index (χ1n) is 6.80. The summed E-state index contributed by atoms with van der Waals surface area (Å²) < 4.78 is 0. The van der Waals surface area contributed by atoms with Crippen LogP contribution in [0.15, 0.2) is 0 Å². The van der Waals surface area contributed by atoms with Crippen LogP contribution in [0.1, 0.15) is 44.9 Å². The van der Waals surface area contributed by atoms with E-state index in [1.165, 1.54) is 19.3 Å².